The van der Waals surface area contributed by atoms with Crippen LogP contribution in [0.4, 0.5) is 11.8 Å². The molecule has 1 saturated heterocycles. The molecule has 1 fully saturated rings. The summed E-state index contributed by atoms with van der Waals surface area (Å²) in [4.78, 5) is 4.40. The van der Waals surface area contributed by atoms with Crippen LogP contribution in [-0.2, 0) is 11.3 Å². The quantitative estimate of drug-likeness (QED) is 0.846. The van der Waals surface area contributed by atoms with Crippen LogP contribution in [0.15, 0.2) is 36.5 Å². The number of rotatable bonds is 6. The lowest BCUT2D eigenvalue weighted by Crippen LogP contribution is -2.20. The van der Waals surface area contributed by atoms with E-state index in [1.54, 1.807) is 6.20 Å². The maximum absolute atomic E-state index is 5.56. The van der Waals surface area contributed by atoms with Gasteiger partial charge in [-0.2, -0.15) is 10.1 Å². The number of aromatic nitrogens is 3. The lowest BCUT2D eigenvalue weighted by molar-refractivity contribution is 0.120. The number of nitrogens with one attached hydrogen (secondary N) is 2. The lowest BCUT2D eigenvalue weighted by Gasteiger charge is -2.11. The molecule has 0 spiro atoms. The molecule has 0 aliphatic carbocycles. The third kappa shape index (κ3) is 4.13. The summed E-state index contributed by atoms with van der Waals surface area (Å²) < 4.78 is 5.56. The Labute approximate surface area is 124 Å². The number of hydrogen-bond donors (Lipinski definition) is 2. The first-order valence-electron chi connectivity index (χ1n) is 7.23. The second kappa shape index (κ2) is 6.99. The van der Waals surface area contributed by atoms with Crippen molar-refractivity contribution in [3.05, 3.63) is 42.1 Å². The molecule has 1 aliphatic rings. The molecule has 1 unspecified atom stereocenters. The molecule has 0 radical (unpaired) electrons. The highest BCUT2D eigenvalue weighted by Gasteiger charge is 2.15. The monoisotopic (exact) mass is 285 g/mol. The molecule has 2 heterocycles. The number of hydrogen-bond acceptors (Lipinski definition) is 6. The second-order valence-electron chi connectivity index (χ2n) is 5.02. The molecule has 1 aliphatic heterocycles. The third-order valence-electron chi connectivity index (χ3n) is 3.39. The highest BCUT2D eigenvalue weighted by Crippen LogP contribution is 2.12. The minimum atomic E-state index is 0.259. The zero-order valence-electron chi connectivity index (χ0n) is 11.8. The van der Waals surface area contributed by atoms with E-state index in [0.29, 0.717) is 18.3 Å². The predicted octanol–water partition coefficient (Wildman–Crippen LogP) is 2.07. The van der Waals surface area contributed by atoms with Crippen LogP contribution in [0.1, 0.15) is 18.4 Å². The van der Waals surface area contributed by atoms with Crippen LogP contribution in [0.25, 0.3) is 0 Å². The SMILES string of the molecule is c1ccc(CNc2cnnc(NCC3CCCO3)n2)cc1. The summed E-state index contributed by atoms with van der Waals surface area (Å²) in [6.07, 6.45) is 4.10. The van der Waals surface area contributed by atoms with Gasteiger partial charge < -0.3 is 15.4 Å². The van der Waals surface area contributed by atoms with Crippen LogP contribution in [0.2, 0.25) is 0 Å². The minimum Gasteiger partial charge on any atom is -0.376 e. The fourth-order valence-electron chi connectivity index (χ4n) is 2.26. The average Bonchev–Trinajstić information content (AvgIpc) is 3.06. The summed E-state index contributed by atoms with van der Waals surface area (Å²) in [5.41, 5.74) is 1.20. The second-order valence-corrected chi connectivity index (χ2v) is 5.02. The van der Waals surface area contributed by atoms with Gasteiger partial charge in [-0.15, -0.1) is 5.10 Å². The average molecular weight is 285 g/mol. The standard InChI is InChI=1S/C15H19N5O/c1-2-5-12(6-3-1)9-16-14-11-18-20-15(19-14)17-10-13-7-4-8-21-13/h1-3,5-6,11,13H,4,7-10H2,(H2,16,17,19,20). The fourth-order valence-corrected chi connectivity index (χ4v) is 2.26. The molecule has 2 aromatic rings. The van der Waals surface area contributed by atoms with Gasteiger partial charge in [0, 0.05) is 19.7 Å². The largest absolute Gasteiger partial charge is 0.376 e. The van der Waals surface area contributed by atoms with E-state index in [1.165, 1.54) is 5.56 Å². The Hall–Kier alpha value is -2.21. The number of ether oxygens (including phenoxy) is 1. The van der Waals surface area contributed by atoms with Gasteiger partial charge >= 0.3 is 0 Å². The Morgan fingerprint density at radius 1 is 1.19 bits per heavy atom. The molecule has 21 heavy (non-hydrogen) atoms. The summed E-state index contributed by atoms with van der Waals surface area (Å²) in [6.45, 7) is 2.29. The first-order chi connectivity index (χ1) is 10.4. The van der Waals surface area contributed by atoms with Crippen LogP contribution in [0, 0.1) is 0 Å². The van der Waals surface area contributed by atoms with E-state index in [9.17, 15) is 0 Å². The molecular weight excluding hydrogens is 266 g/mol. The van der Waals surface area contributed by atoms with Gasteiger partial charge in [-0.3, -0.25) is 0 Å². The van der Waals surface area contributed by atoms with Crippen molar-refractivity contribution in [2.45, 2.75) is 25.5 Å². The molecule has 1 aromatic carbocycles. The van der Waals surface area contributed by atoms with Crippen LogP contribution >= 0.6 is 0 Å². The first-order valence-corrected chi connectivity index (χ1v) is 7.23. The molecule has 0 amide bonds. The summed E-state index contributed by atoms with van der Waals surface area (Å²) in [6, 6.07) is 10.2. The van der Waals surface area contributed by atoms with Crippen molar-refractivity contribution >= 4 is 11.8 Å². The van der Waals surface area contributed by atoms with Crippen molar-refractivity contribution in [3.8, 4) is 0 Å². The van der Waals surface area contributed by atoms with Gasteiger partial charge in [-0.05, 0) is 18.4 Å². The summed E-state index contributed by atoms with van der Waals surface area (Å²) in [5, 5.41) is 14.4. The summed E-state index contributed by atoms with van der Waals surface area (Å²) in [5.74, 6) is 1.24. The maximum Gasteiger partial charge on any atom is 0.244 e. The highest BCUT2D eigenvalue weighted by molar-refractivity contribution is 5.37. The first kappa shape index (κ1) is 13.8. The molecule has 1 atom stereocenters. The molecule has 2 N–H and O–H groups in total. The molecule has 3 rings (SSSR count). The molecule has 0 saturated carbocycles. The number of benzene rings is 1. The smallest absolute Gasteiger partial charge is 0.244 e. The zero-order chi connectivity index (χ0) is 14.3. The van der Waals surface area contributed by atoms with Gasteiger partial charge in [0.2, 0.25) is 5.95 Å². The van der Waals surface area contributed by atoms with Crippen molar-refractivity contribution in [2.24, 2.45) is 0 Å². The summed E-state index contributed by atoms with van der Waals surface area (Å²) >= 11 is 0. The Morgan fingerprint density at radius 2 is 2.10 bits per heavy atom. The van der Waals surface area contributed by atoms with Crippen molar-refractivity contribution in [2.75, 3.05) is 23.8 Å². The van der Waals surface area contributed by atoms with Gasteiger partial charge in [-0.25, -0.2) is 0 Å². The van der Waals surface area contributed by atoms with Crippen LogP contribution in [0.3, 0.4) is 0 Å². The van der Waals surface area contributed by atoms with Crippen molar-refractivity contribution in [1.29, 1.82) is 0 Å². The van der Waals surface area contributed by atoms with E-state index in [-0.39, 0.29) is 6.10 Å². The molecule has 6 nitrogen and oxygen atoms in total. The van der Waals surface area contributed by atoms with Gasteiger partial charge in [0.15, 0.2) is 5.82 Å². The Kier molecular flexibility index (Phi) is 4.58. The normalized spacial score (nSPS) is 17.6. The van der Waals surface area contributed by atoms with E-state index in [2.05, 4.69) is 37.9 Å². The molecule has 6 heteroatoms. The van der Waals surface area contributed by atoms with Gasteiger partial charge in [0.25, 0.3) is 0 Å². The van der Waals surface area contributed by atoms with E-state index in [0.717, 1.165) is 26.0 Å². The zero-order valence-corrected chi connectivity index (χ0v) is 11.8. The van der Waals surface area contributed by atoms with E-state index in [1.807, 2.05) is 18.2 Å². The lowest BCUT2D eigenvalue weighted by atomic mass is 10.2. The highest BCUT2D eigenvalue weighted by atomic mass is 16.5. The van der Waals surface area contributed by atoms with Crippen molar-refractivity contribution in [3.63, 3.8) is 0 Å². The Morgan fingerprint density at radius 3 is 2.90 bits per heavy atom. The minimum absolute atomic E-state index is 0.259. The summed E-state index contributed by atoms with van der Waals surface area (Å²) in [7, 11) is 0. The van der Waals surface area contributed by atoms with Gasteiger partial charge in [0.1, 0.15) is 0 Å². The topological polar surface area (TPSA) is 72.0 Å². The molecule has 110 valence electrons. The van der Waals surface area contributed by atoms with E-state index < -0.39 is 0 Å². The Bertz CT molecular complexity index is 557. The van der Waals surface area contributed by atoms with E-state index in [4.69, 9.17) is 4.74 Å². The Balaban J connectivity index is 1.52. The van der Waals surface area contributed by atoms with Crippen LogP contribution < -0.4 is 10.6 Å². The van der Waals surface area contributed by atoms with E-state index >= 15 is 0 Å². The van der Waals surface area contributed by atoms with Gasteiger partial charge in [-0.1, -0.05) is 30.3 Å². The van der Waals surface area contributed by atoms with Crippen molar-refractivity contribution in [1.82, 2.24) is 15.2 Å². The van der Waals surface area contributed by atoms with Crippen molar-refractivity contribution < 1.29 is 4.74 Å². The van der Waals surface area contributed by atoms with Crippen LogP contribution in [-0.4, -0.2) is 34.4 Å². The third-order valence-corrected chi connectivity index (χ3v) is 3.39. The van der Waals surface area contributed by atoms with Gasteiger partial charge in [0.05, 0.1) is 12.3 Å². The fraction of sp³-hybridized carbons (Fsp3) is 0.400. The molecular formula is C15H19N5O. The van der Waals surface area contributed by atoms with Crippen LogP contribution in [0.5, 0.6) is 0 Å². The number of anilines is 2. The molecule has 0 bridgehead atoms. The number of nitrogens with zero attached hydrogens (tertiary/aromatic N) is 3. The molecule has 1 aromatic heterocycles. The predicted molar refractivity (Wildman–Crippen MR) is 81.1 cm³/mol. The maximum atomic E-state index is 5.56.